The first kappa shape index (κ1) is 24.3. The maximum Gasteiger partial charge on any atom is 0.221 e. The lowest BCUT2D eigenvalue weighted by molar-refractivity contribution is -0.121. The second-order valence-corrected chi connectivity index (χ2v) is 9.20. The number of ether oxygens (including phenoxy) is 1. The van der Waals surface area contributed by atoms with E-state index in [0.717, 1.165) is 16.9 Å². The minimum Gasteiger partial charge on any atom is -0.494 e. The standard InChI is InChI=1S/C23H26Cl2N4O2S/c1-4-31-17-8-5-15(6-9-17)21-27-28-22(32)29(21)12-11-20(30)26-14-23(2,3)16-7-10-18(24)19(25)13-16/h5-10,13H,4,11-12,14H2,1-3H3,(H,26,30)(H,28,32). The maximum absolute atomic E-state index is 12.6. The summed E-state index contributed by atoms with van der Waals surface area (Å²) in [5, 5.41) is 11.2. The Morgan fingerprint density at radius 2 is 1.91 bits per heavy atom. The Morgan fingerprint density at radius 3 is 2.56 bits per heavy atom. The number of nitrogens with one attached hydrogen (secondary N) is 2. The normalized spacial score (nSPS) is 11.4. The van der Waals surface area contributed by atoms with Gasteiger partial charge in [-0.1, -0.05) is 43.1 Å². The molecule has 6 nitrogen and oxygen atoms in total. The van der Waals surface area contributed by atoms with Gasteiger partial charge in [-0.3, -0.25) is 14.5 Å². The first-order chi connectivity index (χ1) is 15.2. The van der Waals surface area contributed by atoms with Gasteiger partial charge in [0.1, 0.15) is 5.75 Å². The second kappa shape index (κ2) is 10.5. The van der Waals surface area contributed by atoms with Crippen molar-refractivity contribution in [2.75, 3.05) is 13.2 Å². The molecule has 3 rings (SSSR count). The minimum absolute atomic E-state index is 0.0705. The summed E-state index contributed by atoms with van der Waals surface area (Å²) in [6, 6.07) is 13.2. The lowest BCUT2D eigenvalue weighted by atomic mass is 9.84. The minimum atomic E-state index is -0.302. The Hall–Kier alpha value is -2.35. The van der Waals surface area contributed by atoms with E-state index in [1.165, 1.54) is 0 Å². The summed E-state index contributed by atoms with van der Waals surface area (Å²) in [4.78, 5) is 12.6. The molecular weight excluding hydrogens is 467 g/mol. The molecule has 2 aromatic carbocycles. The van der Waals surface area contributed by atoms with Crippen molar-refractivity contribution in [2.24, 2.45) is 0 Å². The molecule has 0 fully saturated rings. The largest absolute Gasteiger partial charge is 0.494 e. The fraction of sp³-hybridized carbons (Fsp3) is 0.348. The molecule has 9 heteroatoms. The van der Waals surface area contributed by atoms with Gasteiger partial charge in [0.05, 0.1) is 16.7 Å². The van der Waals surface area contributed by atoms with Crippen LogP contribution in [0.25, 0.3) is 11.4 Å². The first-order valence-electron chi connectivity index (χ1n) is 10.3. The zero-order chi connectivity index (χ0) is 23.3. The van der Waals surface area contributed by atoms with Gasteiger partial charge in [0.2, 0.25) is 5.91 Å². The molecule has 0 aliphatic carbocycles. The molecule has 0 bridgehead atoms. The summed E-state index contributed by atoms with van der Waals surface area (Å²) in [6.07, 6.45) is 0.273. The van der Waals surface area contributed by atoms with Gasteiger partial charge in [-0.2, -0.15) is 5.10 Å². The number of rotatable bonds is 9. The van der Waals surface area contributed by atoms with Crippen molar-refractivity contribution in [1.29, 1.82) is 0 Å². The molecule has 0 saturated carbocycles. The smallest absolute Gasteiger partial charge is 0.221 e. The Labute approximate surface area is 202 Å². The van der Waals surface area contributed by atoms with Gasteiger partial charge in [0.25, 0.3) is 0 Å². The number of halogens is 2. The van der Waals surface area contributed by atoms with Gasteiger partial charge in [0, 0.05) is 30.5 Å². The number of carbonyl (C=O) groups is 1. The van der Waals surface area contributed by atoms with Crippen molar-refractivity contribution in [1.82, 2.24) is 20.1 Å². The van der Waals surface area contributed by atoms with Crippen molar-refractivity contribution < 1.29 is 9.53 Å². The zero-order valence-corrected chi connectivity index (χ0v) is 20.6. The lowest BCUT2D eigenvalue weighted by Crippen LogP contribution is -2.37. The predicted octanol–water partition coefficient (Wildman–Crippen LogP) is 5.80. The fourth-order valence-electron chi connectivity index (χ4n) is 3.25. The van der Waals surface area contributed by atoms with Crippen LogP contribution in [-0.2, 0) is 16.8 Å². The maximum atomic E-state index is 12.6. The number of aromatic nitrogens is 3. The number of amides is 1. The van der Waals surface area contributed by atoms with E-state index in [2.05, 4.69) is 15.5 Å². The Balaban J connectivity index is 1.62. The average molecular weight is 493 g/mol. The first-order valence-corrected chi connectivity index (χ1v) is 11.5. The lowest BCUT2D eigenvalue weighted by Gasteiger charge is -2.26. The van der Waals surface area contributed by atoms with Gasteiger partial charge in [0.15, 0.2) is 10.6 Å². The Bertz CT molecular complexity index is 1140. The van der Waals surface area contributed by atoms with Crippen LogP contribution in [0.4, 0.5) is 0 Å². The predicted molar refractivity (Wildman–Crippen MR) is 131 cm³/mol. The zero-order valence-electron chi connectivity index (χ0n) is 18.2. The van der Waals surface area contributed by atoms with Crippen LogP contribution < -0.4 is 10.1 Å². The van der Waals surface area contributed by atoms with Gasteiger partial charge in [-0.05, 0) is 61.1 Å². The van der Waals surface area contributed by atoms with Gasteiger partial charge in [-0.15, -0.1) is 0 Å². The number of benzene rings is 2. The van der Waals surface area contributed by atoms with Crippen LogP contribution in [0.5, 0.6) is 5.75 Å². The molecule has 0 atom stereocenters. The van der Waals surface area contributed by atoms with Crippen LogP contribution in [0.15, 0.2) is 42.5 Å². The van der Waals surface area contributed by atoms with Crippen LogP contribution in [0.1, 0.15) is 32.8 Å². The van der Waals surface area contributed by atoms with Crippen molar-refractivity contribution in [3.05, 3.63) is 62.8 Å². The van der Waals surface area contributed by atoms with E-state index in [4.69, 9.17) is 40.2 Å². The van der Waals surface area contributed by atoms with E-state index in [1.807, 2.05) is 61.7 Å². The summed E-state index contributed by atoms with van der Waals surface area (Å²) in [5.74, 6) is 1.40. The molecule has 0 aliphatic rings. The molecular formula is C23H26Cl2N4O2S. The molecule has 3 aromatic rings. The summed E-state index contributed by atoms with van der Waals surface area (Å²) in [5.41, 5.74) is 1.59. The van der Waals surface area contributed by atoms with Crippen molar-refractivity contribution >= 4 is 41.3 Å². The summed E-state index contributed by atoms with van der Waals surface area (Å²) < 4.78 is 7.79. The van der Waals surface area contributed by atoms with Crippen molar-refractivity contribution in [3.63, 3.8) is 0 Å². The van der Waals surface area contributed by atoms with E-state index in [-0.39, 0.29) is 17.7 Å². The van der Waals surface area contributed by atoms with Crippen LogP contribution in [0.3, 0.4) is 0 Å². The highest BCUT2D eigenvalue weighted by Gasteiger charge is 2.22. The molecule has 1 heterocycles. The third-order valence-corrected chi connectivity index (χ3v) is 6.22. The SMILES string of the molecule is CCOc1ccc(-c2n[nH]c(=S)n2CCC(=O)NCC(C)(C)c2ccc(Cl)c(Cl)c2)cc1. The molecule has 2 N–H and O–H groups in total. The highest BCUT2D eigenvalue weighted by atomic mass is 35.5. The van der Waals surface area contributed by atoms with Gasteiger partial charge in [-0.25, -0.2) is 0 Å². The van der Waals surface area contributed by atoms with Crippen LogP contribution in [-0.4, -0.2) is 33.8 Å². The molecule has 0 spiro atoms. The summed E-state index contributed by atoms with van der Waals surface area (Å²) in [7, 11) is 0. The van der Waals surface area contributed by atoms with Crippen molar-refractivity contribution in [2.45, 2.75) is 39.2 Å². The van der Waals surface area contributed by atoms with E-state index in [1.54, 1.807) is 6.07 Å². The molecule has 1 amide bonds. The highest BCUT2D eigenvalue weighted by molar-refractivity contribution is 7.71. The number of hydrogen-bond donors (Lipinski definition) is 2. The van der Waals surface area contributed by atoms with Crippen molar-refractivity contribution in [3.8, 4) is 17.1 Å². The van der Waals surface area contributed by atoms with Crippen LogP contribution in [0.2, 0.25) is 10.0 Å². The molecule has 0 radical (unpaired) electrons. The Morgan fingerprint density at radius 1 is 1.19 bits per heavy atom. The van der Waals surface area contributed by atoms with E-state index < -0.39 is 0 Å². The van der Waals surface area contributed by atoms with E-state index >= 15 is 0 Å². The number of nitrogens with zero attached hydrogens (tertiary/aromatic N) is 2. The van der Waals surface area contributed by atoms with Gasteiger partial charge < -0.3 is 10.1 Å². The topological polar surface area (TPSA) is 71.9 Å². The average Bonchev–Trinajstić information content (AvgIpc) is 3.13. The quantitative estimate of drug-likeness (QED) is 0.370. The molecule has 0 saturated heterocycles. The second-order valence-electron chi connectivity index (χ2n) is 8.00. The number of H-pyrrole nitrogens is 1. The molecule has 170 valence electrons. The summed E-state index contributed by atoms with van der Waals surface area (Å²) >= 11 is 17.5. The number of carbonyl (C=O) groups excluding carboxylic acids is 1. The van der Waals surface area contributed by atoms with Gasteiger partial charge >= 0.3 is 0 Å². The fourth-order valence-corrected chi connectivity index (χ4v) is 3.77. The molecule has 32 heavy (non-hydrogen) atoms. The number of aromatic amines is 1. The third-order valence-electron chi connectivity index (χ3n) is 5.17. The van der Waals surface area contributed by atoms with Crippen LogP contribution in [0, 0.1) is 4.77 Å². The number of hydrogen-bond acceptors (Lipinski definition) is 4. The highest BCUT2D eigenvalue weighted by Crippen LogP contribution is 2.29. The monoisotopic (exact) mass is 492 g/mol. The Kier molecular flexibility index (Phi) is 7.98. The molecule has 0 aliphatic heterocycles. The van der Waals surface area contributed by atoms with E-state index in [9.17, 15) is 4.79 Å². The molecule has 1 aromatic heterocycles. The third kappa shape index (κ3) is 5.91. The van der Waals surface area contributed by atoms with Crippen LogP contribution >= 0.6 is 35.4 Å². The van der Waals surface area contributed by atoms with E-state index in [0.29, 0.717) is 40.3 Å². The summed E-state index contributed by atoms with van der Waals surface area (Å²) in [6.45, 7) is 7.51. The molecule has 0 unspecified atom stereocenters.